The van der Waals surface area contributed by atoms with E-state index in [1.54, 1.807) is 6.08 Å². The standard InChI is InChI=1S/C13H17F2N/c1-13(2,3)16-6-4-5-10-7-11(14)9-12(15)8-10/h4-5,7-9,16H,6H2,1-3H3/b5-4+. The Kier molecular flexibility index (Phi) is 4.19. The van der Waals surface area contributed by atoms with Crippen molar-refractivity contribution in [1.29, 1.82) is 0 Å². The highest BCUT2D eigenvalue weighted by Gasteiger charge is 2.05. The maximum absolute atomic E-state index is 12.8. The summed E-state index contributed by atoms with van der Waals surface area (Å²) in [6.45, 7) is 6.84. The molecule has 0 saturated heterocycles. The van der Waals surface area contributed by atoms with Crippen LogP contribution in [0.2, 0.25) is 0 Å². The van der Waals surface area contributed by atoms with E-state index in [-0.39, 0.29) is 5.54 Å². The normalized spacial score (nSPS) is 12.3. The van der Waals surface area contributed by atoms with Gasteiger partial charge in [-0.2, -0.15) is 0 Å². The lowest BCUT2D eigenvalue weighted by Crippen LogP contribution is -2.35. The first-order valence-corrected chi connectivity index (χ1v) is 5.24. The molecule has 16 heavy (non-hydrogen) atoms. The smallest absolute Gasteiger partial charge is 0.126 e. The van der Waals surface area contributed by atoms with Crippen LogP contribution in [0.15, 0.2) is 24.3 Å². The van der Waals surface area contributed by atoms with Crippen LogP contribution in [0.3, 0.4) is 0 Å². The number of hydrogen-bond donors (Lipinski definition) is 1. The zero-order chi connectivity index (χ0) is 12.2. The van der Waals surface area contributed by atoms with Crippen molar-refractivity contribution in [2.75, 3.05) is 6.54 Å². The van der Waals surface area contributed by atoms with Crippen LogP contribution in [-0.2, 0) is 0 Å². The molecule has 0 bridgehead atoms. The molecule has 0 aliphatic carbocycles. The molecule has 1 aromatic rings. The van der Waals surface area contributed by atoms with Crippen LogP contribution in [0, 0.1) is 11.6 Å². The molecule has 0 amide bonds. The fourth-order valence-corrected chi connectivity index (χ4v) is 1.23. The second kappa shape index (κ2) is 5.21. The molecule has 3 heteroatoms. The number of nitrogens with one attached hydrogen (secondary N) is 1. The fraction of sp³-hybridized carbons (Fsp3) is 0.385. The molecule has 0 atom stereocenters. The van der Waals surface area contributed by atoms with Gasteiger partial charge in [0.1, 0.15) is 11.6 Å². The van der Waals surface area contributed by atoms with Gasteiger partial charge in [-0.05, 0) is 38.5 Å². The van der Waals surface area contributed by atoms with E-state index < -0.39 is 11.6 Å². The third-order valence-corrected chi connectivity index (χ3v) is 1.95. The minimum Gasteiger partial charge on any atom is -0.309 e. The molecular formula is C13H17F2N. The van der Waals surface area contributed by atoms with Crippen molar-refractivity contribution < 1.29 is 8.78 Å². The molecule has 0 heterocycles. The van der Waals surface area contributed by atoms with Crippen LogP contribution in [0.1, 0.15) is 26.3 Å². The molecule has 0 fully saturated rings. The topological polar surface area (TPSA) is 12.0 Å². The summed E-state index contributed by atoms with van der Waals surface area (Å²) >= 11 is 0. The van der Waals surface area contributed by atoms with Crippen molar-refractivity contribution in [2.45, 2.75) is 26.3 Å². The second-order valence-corrected chi connectivity index (χ2v) is 4.74. The number of rotatable bonds is 3. The van der Waals surface area contributed by atoms with Crippen molar-refractivity contribution in [3.63, 3.8) is 0 Å². The predicted molar refractivity (Wildman–Crippen MR) is 63.1 cm³/mol. The van der Waals surface area contributed by atoms with Gasteiger partial charge in [0.05, 0.1) is 0 Å². The molecule has 0 radical (unpaired) electrons. The summed E-state index contributed by atoms with van der Waals surface area (Å²) in [5.41, 5.74) is 0.575. The van der Waals surface area contributed by atoms with Gasteiger partial charge in [0, 0.05) is 18.2 Å². The summed E-state index contributed by atoms with van der Waals surface area (Å²) in [6, 6.07) is 3.47. The van der Waals surface area contributed by atoms with Crippen LogP contribution in [0.5, 0.6) is 0 Å². The Balaban J connectivity index is 2.56. The van der Waals surface area contributed by atoms with Crippen molar-refractivity contribution >= 4 is 6.08 Å². The lowest BCUT2D eigenvalue weighted by Gasteiger charge is -2.18. The van der Waals surface area contributed by atoms with Gasteiger partial charge in [0.2, 0.25) is 0 Å². The van der Waals surface area contributed by atoms with E-state index in [1.807, 2.05) is 6.08 Å². The van der Waals surface area contributed by atoms with Crippen LogP contribution in [-0.4, -0.2) is 12.1 Å². The molecule has 0 aliphatic heterocycles. The van der Waals surface area contributed by atoms with Gasteiger partial charge in [-0.1, -0.05) is 12.2 Å². The maximum atomic E-state index is 12.8. The van der Waals surface area contributed by atoms with Gasteiger partial charge < -0.3 is 5.32 Å². The van der Waals surface area contributed by atoms with Gasteiger partial charge >= 0.3 is 0 Å². The average molecular weight is 225 g/mol. The molecule has 1 N–H and O–H groups in total. The zero-order valence-corrected chi connectivity index (χ0v) is 9.85. The highest BCUT2D eigenvalue weighted by molar-refractivity contribution is 5.49. The van der Waals surface area contributed by atoms with Gasteiger partial charge in [0.15, 0.2) is 0 Å². The predicted octanol–water partition coefficient (Wildman–Crippen LogP) is 3.37. The molecule has 0 unspecified atom stereocenters. The van der Waals surface area contributed by atoms with Crippen molar-refractivity contribution in [3.05, 3.63) is 41.5 Å². The zero-order valence-electron chi connectivity index (χ0n) is 9.85. The average Bonchev–Trinajstić information content (AvgIpc) is 2.09. The minimum absolute atomic E-state index is 0.0392. The third-order valence-electron chi connectivity index (χ3n) is 1.95. The van der Waals surface area contributed by atoms with Crippen molar-refractivity contribution in [1.82, 2.24) is 5.32 Å². The summed E-state index contributed by atoms with van der Waals surface area (Å²) in [7, 11) is 0. The Morgan fingerprint density at radius 1 is 1.12 bits per heavy atom. The first-order chi connectivity index (χ1) is 7.37. The fourth-order valence-electron chi connectivity index (χ4n) is 1.23. The van der Waals surface area contributed by atoms with E-state index in [2.05, 4.69) is 26.1 Å². The SMILES string of the molecule is CC(C)(C)NC/C=C/c1cc(F)cc(F)c1. The highest BCUT2D eigenvalue weighted by Crippen LogP contribution is 2.09. The van der Waals surface area contributed by atoms with E-state index in [0.717, 1.165) is 6.07 Å². The van der Waals surface area contributed by atoms with Gasteiger partial charge in [-0.15, -0.1) is 0 Å². The monoisotopic (exact) mass is 225 g/mol. The largest absolute Gasteiger partial charge is 0.309 e. The number of halogens is 2. The van der Waals surface area contributed by atoms with Crippen LogP contribution in [0.4, 0.5) is 8.78 Å². The quantitative estimate of drug-likeness (QED) is 0.831. The maximum Gasteiger partial charge on any atom is 0.126 e. The number of benzene rings is 1. The Labute approximate surface area is 95.2 Å². The first kappa shape index (κ1) is 12.8. The molecule has 0 spiro atoms. The first-order valence-electron chi connectivity index (χ1n) is 5.24. The summed E-state index contributed by atoms with van der Waals surface area (Å²) in [5.74, 6) is -1.10. The van der Waals surface area contributed by atoms with E-state index >= 15 is 0 Å². The second-order valence-electron chi connectivity index (χ2n) is 4.74. The molecule has 88 valence electrons. The molecule has 1 rings (SSSR count). The minimum atomic E-state index is -0.552. The lowest BCUT2D eigenvalue weighted by molar-refractivity contribution is 0.450. The van der Waals surface area contributed by atoms with E-state index in [4.69, 9.17) is 0 Å². The summed E-state index contributed by atoms with van der Waals surface area (Å²) in [6.07, 6.45) is 3.55. The Bertz CT molecular complexity index is 358. The Morgan fingerprint density at radius 2 is 1.69 bits per heavy atom. The molecule has 1 aromatic carbocycles. The molecule has 0 aromatic heterocycles. The van der Waals surface area contributed by atoms with Crippen LogP contribution >= 0.6 is 0 Å². The van der Waals surface area contributed by atoms with Crippen LogP contribution < -0.4 is 5.32 Å². The van der Waals surface area contributed by atoms with Crippen LogP contribution in [0.25, 0.3) is 6.08 Å². The third kappa shape index (κ3) is 5.03. The number of hydrogen-bond acceptors (Lipinski definition) is 1. The van der Waals surface area contributed by atoms with Gasteiger partial charge in [-0.25, -0.2) is 8.78 Å². The summed E-state index contributed by atoms with van der Waals surface area (Å²) in [5, 5.41) is 3.25. The summed E-state index contributed by atoms with van der Waals surface area (Å²) in [4.78, 5) is 0. The Hall–Kier alpha value is -1.22. The summed E-state index contributed by atoms with van der Waals surface area (Å²) < 4.78 is 25.7. The Morgan fingerprint density at radius 3 is 2.19 bits per heavy atom. The lowest BCUT2D eigenvalue weighted by atomic mass is 10.1. The van der Waals surface area contributed by atoms with Crippen molar-refractivity contribution in [2.24, 2.45) is 0 Å². The molecule has 1 nitrogen and oxygen atoms in total. The van der Waals surface area contributed by atoms with E-state index in [1.165, 1.54) is 12.1 Å². The van der Waals surface area contributed by atoms with Gasteiger partial charge in [0.25, 0.3) is 0 Å². The van der Waals surface area contributed by atoms with E-state index in [0.29, 0.717) is 12.1 Å². The van der Waals surface area contributed by atoms with Gasteiger partial charge in [-0.3, -0.25) is 0 Å². The molecule has 0 saturated carbocycles. The van der Waals surface area contributed by atoms with E-state index in [9.17, 15) is 8.78 Å². The molecule has 0 aliphatic rings. The van der Waals surface area contributed by atoms with Crippen molar-refractivity contribution in [3.8, 4) is 0 Å². The highest BCUT2D eigenvalue weighted by atomic mass is 19.1. The molecular weight excluding hydrogens is 208 g/mol.